The summed E-state index contributed by atoms with van der Waals surface area (Å²) in [4.78, 5) is 37.7. The lowest BCUT2D eigenvalue weighted by Crippen LogP contribution is -2.30. The maximum absolute atomic E-state index is 12.7. The van der Waals surface area contributed by atoms with Crippen molar-refractivity contribution in [1.29, 1.82) is 0 Å². The van der Waals surface area contributed by atoms with E-state index in [2.05, 4.69) is 106 Å². The predicted molar refractivity (Wildman–Crippen MR) is 274 cm³/mol. The highest BCUT2D eigenvalue weighted by Gasteiger charge is 2.19. The Hall–Kier alpha value is -3.41. The second kappa shape index (κ2) is 52.2. The molecule has 64 heavy (non-hydrogen) atoms. The van der Waals surface area contributed by atoms with Crippen LogP contribution in [0, 0.1) is 0 Å². The highest BCUT2D eigenvalue weighted by molar-refractivity contribution is 5.71. The van der Waals surface area contributed by atoms with E-state index in [4.69, 9.17) is 14.2 Å². The molecule has 6 heteroatoms. The minimum Gasteiger partial charge on any atom is -0.462 e. The van der Waals surface area contributed by atoms with E-state index < -0.39 is 6.10 Å². The van der Waals surface area contributed by atoms with E-state index in [1.807, 2.05) is 0 Å². The molecule has 0 aliphatic carbocycles. The summed E-state index contributed by atoms with van der Waals surface area (Å²) < 4.78 is 16.7. The largest absolute Gasteiger partial charge is 0.462 e. The van der Waals surface area contributed by atoms with Gasteiger partial charge in [0.2, 0.25) is 0 Å². The number of unbranched alkanes of at least 4 members (excludes halogenated alkanes) is 22. The van der Waals surface area contributed by atoms with Crippen LogP contribution in [0.3, 0.4) is 0 Å². The molecule has 0 heterocycles. The molecule has 0 saturated carbocycles. The molecule has 366 valence electrons. The van der Waals surface area contributed by atoms with Crippen molar-refractivity contribution in [3.8, 4) is 0 Å². The van der Waals surface area contributed by atoms with Crippen LogP contribution in [0.2, 0.25) is 0 Å². The summed E-state index contributed by atoms with van der Waals surface area (Å²) in [6, 6.07) is 0. The number of ether oxygens (including phenoxy) is 3. The van der Waals surface area contributed by atoms with Crippen LogP contribution < -0.4 is 0 Å². The Morgan fingerprint density at radius 3 is 1.02 bits per heavy atom. The topological polar surface area (TPSA) is 78.9 Å². The Bertz CT molecular complexity index is 1250. The fourth-order valence-electron chi connectivity index (χ4n) is 7.15. The number of carbonyl (C=O) groups excluding carboxylic acids is 3. The van der Waals surface area contributed by atoms with Gasteiger partial charge in [0.15, 0.2) is 6.10 Å². The first-order chi connectivity index (χ1) is 31.5. The van der Waals surface area contributed by atoms with Gasteiger partial charge in [0, 0.05) is 19.3 Å². The van der Waals surface area contributed by atoms with Gasteiger partial charge in [0.05, 0.1) is 0 Å². The van der Waals surface area contributed by atoms with Gasteiger partial charge in [-0.25, -0.2) is 0 Å². The smallest absolute Gasteiger partial charge is 0.306 e. The quantitative estimate of drug-likeness (QED) is 0.0262. The fraction of sp³-hybridized carbons (Fsp3) is 0.707. The number of esters is 3. The zero-order chi connectivity index (χ0) is 46.5. The molecular weight excluding hydrogens is 793 g/mol. The van der Waals surface area contributed by atoms with Crippen molar-refractivity contribution in [2.24, 2.45) is 0 Å². The van der Waals surface area contributed by atoms with E-state index in [1.54, 1.807) is 0 Å². The van der Waals surface area contributed by atoms with E-state index in [-0.39, 0.29) is 31.1 Å². The highest BCUT2D eigenvalue weighted by atomic mass is 16.6. The van der Waals surface area contributed by atoms with Crippen LogP contribution in [0.5, 0.6) is 0 Å². The third-order valence-corrected chi connectivity index (χ3v) is 11.1. The van der Waals surface area contributed by atoms with Crippen LogP contribution in [0.25, 0.3) is 0 Å². The number of hydrogen-bond acceptors (Lipinski definition) is 6. The summed E-state index contributed by atoms with van der Waals surface area (Å²) in [5.41, 5.74) is 0. The molecule has 0 aliphatic rings. The van der Waals surface area contributed by atoms with Crippen molar-refractivity contribution in [1.82, 2.24) is 0 Å². The van der Waals surface area contributed by atoms with Gasteiger partial charge < -0.3 is 14.2 Å². The number of rotatable bonds is 47. The third-order valence-electron chi connectivity index (χ3n) is 11.1. The molecule has 0 aromatic carbocycles. The molecule has 0 N–H and O–H groups in total. The Morgan fingerprint density at radius 2 is 0.641 bits per heavy atom. The monoisotopic (exact) mass is 891 g/mol. The summed E-state index contributed by atoms with van der Waals surface area (Å²) in [7, 11) is 0. The zero-order valence-electron chi connectivity index (χ0n) is 41.8. The van der Waals surface area contributed by atoms with Crippen molar-refractivity contribution in [2.45, 2.75) is 252 Å². The van der Waals surface area contributed by atoms with Crippen LogP contribution in [0.15, 0.2) is 85.1 Å². The number of hydrogen-bond donors (Lipinski definition) is 0. The summed E-state index contributed by atoms with van der Waals surface area (Å²) in [5.74, 6) is -0.911. The summed E-state index contributed by atoms with van der Waals surface area (Å²) in [6.07, 6.45) is 67.5. The van der Waals surface area contributed by atoms with Crippen LogP contribution in [-0.4, -0.2) is 37.2 Å². The van der Waals surface area contributed by atoms with Gasteiger partial charge in [0.25, 0.3) is 0 Å². The second-order valence-electron chi connectivity index (χ2n) is 17.4. The van der Waals surface area contributed by atoms with E-state index >= 15 is 0 Å². The number of allylic oxidation sites excluding steroid dienone is 14. The zero-order valence-corrected chi connectivity index (χ0v) is 41.8. The Kier molecular flexibility index (Phi) is 49.4. The average Bonchev–Trinajstić information content (AvgIpc) is 3.29. The predicted octanol–water partition coefficient (Wildman–Crippen LogP) is 17.6. The molecule has 0 rings (SSSR count). The molecule has 0 spiro atoms. The Morgan fingerprint density at radius 1 is 0.328 bits per heavy atom. The Balaban J connectivity index is 4.11. The molecule has 0 saturated heterocycles. The third kappa shape index (κ3) is 49.6. The summed E-state index contributed by atoms with van der Waals surface area (Å²) >= 11 is 0. The molecule has 1 atom stereocenters. The Labute approximate surface area is 395 Å². The van der Waals surface area contributed by atoms with Crippen LogP contribution in [0.4, 0.5) is 0 Å². The van der Waals surface area contributed by atoms with E-state index in [9.17, 15) is 14.4 Å². The van der Waals surface area contributed by atoms with Crippen LogP contribution in [-0.2, 0) is 28.6 Å². The van der Waals surface area contributed by atoms with Crippen LogP contribution >= 0.6 is 0 Å². The van der Waals surface area contributed by atoms with Gasteiger partial charge in [-0.2, -0.15) is 0 Å². The molecule has 0 fully saturated rings. The maximum Gasteiger partial charge on any atom is 0.306 e. The van der Waals surface area contributed by atoms with Crippen LogP contribution in [0.1, 0.15) is 245 Å². The molecule has 0 aromatic heterocycles. The van der Waals surface area contributed by atoms with Gasteiger partial charge in [-0.3, -0.25) is 14.4 Å². The number of carbonyl (C=O) groups is 3. The van der Waals surface area contributed by atoms with E-state index in [0.29, 0.717) is 19.3 Å². The first-order valence-electron chi connectivity index (χ1n) is 26.6. The molecule has 0 aliphatic heterocycles. The van der Waals surface area contributed by atoms with Crippen molar-refractivity contribution in [2.75, 3.05) is 13.2 Å². The molecule has 0 bridgehead atoms. The first kappa shape index (κ1) is 60.6. The average molecular weight is 891 g/mol. The van der Waals surface area contributed by atoms with Gasteiger partial charge >= 0.3 is 17.9 Å². The van der Waals surface area contributed by atoms with E-state index in [0.717, 1.165) is 122 Å². The molecule has 0 radical (unpaired) electrons. The van der Waals surface area contributed by atoms with Gasteiger partial charge in [-0.15, -0.1) is 0 Å². The first-order valence-corrected chi connectivity index (χ1v) is 26.6. The van der Waals surface area contributed by atoms with Crippen molar-refractivity contribution in [3.05, 3.63) is 85.1 Å². The van der Waals surface area contributed by atoms with Gasteiger partial charge in [-0.05, 0) is 89.9 Å². The maximum atomic E-state index is 12.7. The molecule has 1 unspecified atom stereocenters. The van der Waals surface area contributed by atoms with Gasteiger partial charge in [0.1, 0.15) is 13.2 Å². The second-order valence-corrected chi connectivity index (χ2v) is 17.4. The molecule has 0 aromatic rings. The molecule has 6 nitrogen and oxygen atoms in total. The normalized spacial score (nSPS) is 12.7. The highest BCUT2D eigenvalue weighted by Crippen LogP contribution is 2.15. The lowest BCUT2D eigenvalue weighted by molar-refractivity contribution is -0.167. The minimum atomic E-state index is -0.780. The lowest BCUT2D eigenvalue weighted by Gasteiger charge is -2.18. The van der Waals surface area contributed by atoms with Crippen molar-refractivity contribution >= 4 is 17.9 Å². The van der Waals surface area contributed by atoms with Crippen molar-refractivity contribution < 1.29 is 28.6 Å². The van der Waals surface area contributed by atoms with Crippen molar-refractivity contribution in [3.63, 3.8) is 0 Å². The summed E-state index contributed by atoms with van der Waals surface area (Å²) in [6.45, 7) is 6.38. The summed E-state index contributed by atoms with van der Waals surface area (Å²) in [5, 5.41) is 0. The van der Waals surface area contributed by atoms with E-state index in [1.165, 1.54) is 83.5 Å². The fourth-order valence-corrected chi connectivity index (χ4v) is 7.15. The SMILES string of the molecule is CC/C=C\C/C=C\C/C=C\C/C=C\C/C=C\CCCCCCCCCCCCCC(=O)OCC(COC(=O)CCCCCCCC)OC(=O)CCCCCCC/C=C\C/C=C\CCC. The standard InChI is InChI=1S/C58H98O6/c1-4-7-10-13-16-18-20-22-23-24-25-26-27-28-29-30-31-32-33-34-35-37-38-40-42-45-48-51-57(60)63-54-55(53-62-56(59)50-47-44-15-12-9-6-3)64-58(61)52-49-46-43-41-39-36-21-19-17-14-11-8-5-2/h7,10-11,14,16,18-19,21-23,25-26,28-29,55H,4-6,8-9,12-13,15,17,20,24,27,30-54H2,1-3H3/b10-7-,14-11-,18-16-,21-19-,23-22-,26-25-,29-28-. The lowest BCUT2D eigenvalue weighted by atomic mass is 10.0. The van der Waals surface area contributed by atoms with Gasteiger partial charge in [-0.1, -0.05) is 221 Å². The molecule has 0 amide bonds. The molecular formula is C58H98O6. The minimum absolute atomic E-state index is 0.0826.